The Balaban J connectivity index is 1.16. The van der Waals surface area contributed by atoms with Crippen LogP contribution in [0.1, 0.15) is 63.4 Å². The molecular formula is C37H36ClF4N7O2S. The Morgan fingerprint density at radius 3 is 2.58 bits per heavy atom. The third-order valence-electron chi connectivity index (χ3n) is 12.2. The van der Waals surface area contributed by atoms with E-state index in [0.29, 0.717) is 50.3 Å². The smallest absolute Gasteiger partial charge is 0.319 e. The first-order valence-corrected chi connectivity index (χ1v) is 19.1. The van der Waals surface area contributed by atoms with Gasteiger partial charge in [-0.2, -0.15) is 15.2 Å². The van der Waals surface area contributed by atoms with Gasteiger partial charge in [-0.05, 0) is 82.2 Å². The number of hydrogen-bond acceptors (Lipinski definition) is 9. The molecule has 1 amide bonds. The third-order valence-corrected chi connectivity index (χ3v) is 13.5. The summed E-state index contributed by atoms with van der Waals surface area (Å²) in [5, 5.41) is 10.5. The number of piperidine rings is 1. The highest BCUT2D eigenvalue weighted by molar-refractivity contribution is 7.23. The number of fused-ring (bicyclic) bond motifs is 3. The Morgan fingerprint density at radius 1 is 1.08 bits per heavy atom. The molecule has 2 atom stereocenters. The SMILES string of the molecule is N#Cc1c(N)sc2c(F)ccc(-c3c(Cl)cc4c(N5CCC6(CCCCN6C(=O)C6CC6(F)F)C5)nc(OCC56CCCN5CCC6)nc4c3F)c12. The van der Waals surface area contributed by atoms with Crippen LogP contribution in [0, 0.1) is 28.9 Å². The number of nitrogens with two attached hydrogens (primary N) is 1. The molecule has 15 heteroatoms. The van der Waals surface area contributed by atoms with E-state index in [0.717, 1.165) is 63.0 Å². The van der Waals surface area contributed by atoms with E-state index < -0.39 is 41.3 Å². The Labute approximate surface area is 306 Å². The van der Waals surface area contributed by atoms with E-state index in [4.69, 9.17) is 27.1 Å². The monoisotopic (exact) mass is 753 g/mol. The minimum Gasteiger partial charge on any atom is -0.461 e. The van der Waals surface area contributed by atoms with Crippen molar-refractivity contribution in [3.05, 3.63) is 40.4 Å². The van der Waals surface area contributed by atoms with Gasteiger partial charge in [0.2, 0.25) is 5.91 Å². The van der Waals surface area contributed by atoms with Crippen LogP contribution in [0.15, 0.2) is 18.2 Å². The van der Waals surface area contributed by atoms with Crippen molar-refractivity contribution in [1.29, 1.82) is 5.26 Å². The van der Waals surface area contributed by atoms with Gasteiger partial charge < -0.3 is 20.3 Å². The van der Waals surface area contributed by atoms with Gasteiger partial charge in [0.25, 0.3) is 5.92 Å². The fourth-order valence-electron chi connectivity index (χ4n) is 9.45. The lowest BCUT2D eigenvalue weighted by atomic mass is 9.85. The average Bonchev–Trinajstić information content (AvgIpc) is 3.61. The highest BCUT2D eigenvalue weighted by Gasteiger charge is 2.64. The van der Waals surface area contributed by atoms with Gasteiger partial charge in [-0.3, -0.25) is 9.69 Å². The van der Waals surface area contributed by atoms with E-state index in [9.17, 15) is 23.2 Å². The number of ether oxygens (including phenoxy) is 1. The highest BCUT2D eigenvalue weighted by atomic mass is 35.5. The second-order valence-electron chi connectivity index (χ2n) is 15.1. The maximum Gasteiger partial charge on any atom is 0.319 e. The molecule has 52 heavy (non-hydrogen) atoms. The van der Waals surface area contributed by atoms with Crippen LogP contribution in [0.2, 0.25) is 5.02 Å². The molecule has 272 valence electrons. The van der Waals surface area contributed by atoms with Gasteiger partial charge in [0.15, 0.2) is 5.82 Å². The number of anilines is 2. The summed E-state index contributed by atoms with van der Waals surface area (Å²) in [5.41, 5.74) is 5.39. The number of nitriles is 1. The number of amides is 1. The van der Waals surface area contributed by atoms with Crippen LogP contribution in [0.25, 0.3) is 32.1 Å². The van der Waals surface area contributed by atoms with E-state index in [1.54, 1.807) is 11.0 Å². The molecule has 0 radical (unpaired) electrons. The van der Waals surface area contributed by atoms with Gasteiger partial charge in [0.05, 0.1) is 26.4 Å². The van der Waals surface area contributed by atoms with Crippen molar-refractivity contribution in [2.45, 2.75) is 74.8 Å². The molecule has 5 fully saturated rings. The molecule has 5 aliphatic rings. The van der Waals surface area contributed by atoms with Crippen molar-refractivity contribution in [1.82, 2.24) is 19.8 Å². The molecule has 4 aliphatic heterocycles. The van der Waals surface area contributed by atoms with Crippen molar-refractivity contribution < 1.29 is 27.1 Å². The molecule has 9 rings (SSSR count). The molecule has 6 heterocycles. The summed E-state index contributed by atoms with van der Waals surface area (Å²) in [5.74, 6) is -5.78. The summed E-state index contributed by atoms with van der Waals surface area (Å²) in [4.78, 5) is 29.0. The molecule has 9 nitrogen and oxygen atoms in total. The lowest BCUT2D eigenvalue weighted by molar-refractivity contribution is -0.142. The van der Waals surface area contributed by atoms with Crippen LogP contribution < -0.4 is 15.4 Å². The zero-order valence-corrected chi connectivity index (χ0v) is 29.9. The van der Waals surface area contributed by atoms with E-state index >= 15 is 4.39 Å². The van der Waals surface area contributed by atoms with E-state index in [-0.39, 0.29) is 53.9 Å². The van der Waals surface area contributed by atoms with E-state index in [1.807, 2.05) is 11.0 Å². The molecule has 1 spiro atoms. The van der Waals surface area contributed by atoms with Gasteiger partial charge in [-0.1, -0.05) is 17.7 Å². The summed E-state index contributed by atoms with van der Waals surface area (Å²) in [6, 6.07) is 6.17. The quantitative estimate of drug-likeness (QED) is 0.202. The number of nitrogen functional groups attached to an aromatic ring is 1. The van der Waals surface area contributed by atoms with Crippen molar-refractivity contribution in [3.8, 4) is 23.2 Å². The maximum absolute atomic E-state index is 17.2. The lowest BCUT2D eigenvalue weighted by Crippen LogP contribution is -2.57. The van der Waals surface area contributed by atoms with Crippen molar-refractivity contribution in [2.24, 2.45) is 5.92 Å². The van der Waals surface area contributed by atoms with Crippen molar-refractivity contribution in [2.75, 3.05) is 50.0 Å². The number of benzene rings is 2. The van der Waals surface area contributed by atoms with E-state index in [2.05, 4.69) is 9.88 Å². The van der Waals surface area contributed by atoms with Crippen LogP contribution in [0.3, 0.4) is 0 Å². The second-order valence-corrected chi connectivity index (χ2v) is 16.6. The molecular weight excluding hydrogens is 718 g/mol. The van der Waals surface area contributed by atoms with Gasteiger partial charge in [-0.15, -0.1) is 11.3 Å². The van der Waals surface area contributed by atoms with Crippen molar-refractivity contribution >= 4 is 60.7 Å². The van der Waals surface area contributed by atoms with Gasteiger partial charge in [0, 0.05) is 42.4 Å². The topological polar surface area (TPSA) is 112 Å². The lowest BCUT2D eigenvalue weighted by Gasteiger charge is -2.45. The number of alkyl halides is 2. The Morgan fingerprint density at radius 2 is 1.85 bits per heavy atom. The average molecular weight is 754 g/mol. The fourth-order valence-corrected chi connectivity index (χ4v) is 10.7. The van der Waals surface area contributed by atoms with Crippen LogP contribution in [-0.4, -0.2) is 82.0 Å². The third kappa shape index (κ3) is 5.13. The Hall–Kier alpha value is -3.93. The van der Waals surface area contributed by atoms with E-state index in [1.165, 1.54) is 12.1 Å². The number of likely N-dealkylation sites (tertiary alicyclic amines) is 1. The molecule has 1 saturated carbocycles. The number of halogens is 5. The normalized spacial score (nSPS) is 25.0. The zero-order valence-electron chi connectivity index (χ0n) is 28.3. The number of carbonyl (C=O) groups is 1. The minimum absolute atomic E-state index is 0.00382. The summed E-state index contributed by atoms with van der Waals surface area (Å²) in [6.45, 7) is 3.48. The molecule has 2 N–H and O–H groups in total. The predicted octanol–water partition coefficient (Wildman–Crippen LogP) is 7.52. The van der Waals surface area contributed by atoms with Crippen LogP contribution in [0.4, 0.5) is 28.4 Å². The minimum atomic E-state index is -2.97. The highest BCUT2D eigenvalue weighted by Crippen LogP contribution is 2.52. The number of hydrogen-bond donors (Lipinski definition) is 1. The molecule has 2 aromatic carbocycles. The number of thiophene rings is 1. The standard InChI is InChI=1S/C37H36ClF4N7O2S/c38-24-15-21-29(28(40)27(24)20-5-6-25(39)30-26(20)22(17-43)31(44)52-30)45-34(51-19-36-8-3-11-48(36)12-4-9-36)46-32(21)47-14-10-35(18-47)7-1-2-13-49(35)33(50)23-16-37(23,41)42/h5-6,15,23H,1-4,7-14,16,18-19,44H2. The van der Waals surface area contributed by atoms with Crippen LogP contribution >= 0.6 is 22.9 Å². The molecule has 1 aliphatic carbocycles. The van der Waals surface area contributed by atoms with Gasteiger partial charge >= 0.3 is 6.01 Å². The molecule has 4 saturated heterocycles. The summed E-state index contributed by atoms with van der Waals surface area (Å²) in [6.07, 6.45) is 6.44. The number of carbonyl (C=O) groups excluding carboxylic acids is 1. The first-order valence-electron chi connectivity index (χ1n) is 17.9. The number of nitrogens with zero attached hydrogens (tertiary/aromatic N) is 6. The summed E-state index contributed by atoms with van der Waals surface area (Å²) >= 11 is 7.82. The Kier molecular flexibility index (Phi) is 7.85. The maximum atomic E-state index is 17.2. The predicted molar refractivity (Wildman–Crippen MR) is 191 cm³/mol. The molecule has 2 aromatic heterocycles. The second kappa shape index (κ2) is 12.0. The summed E-state index contributed by atoms with van der Waals surface area (Å²) < 4.78 is 66.9. The number of aromatic nitrogens is 2. The van der Waals surface area contributed by atoms with Gasteiger partial charge in [-0.25, -0.2) is 17.6 Å². The first kappa shape index (κ1) is 33.9. The molecule has 4 aromatic rings. The zero-order chi connectivity index (χ0) is 36.2. The van der Waals surface area contributed by atoms with Gasteiger partial charge in [0.1, 0.15) is 40.7 Å². The molecule has 2 unspecified atom stereocenters. The fraction of sp³-hybridized carbons (Fsp3) is 0.514. The Bertz CT molecular complexity index is 2200. The van der Waals surface area contributed by atoms with Crippen LogP contribution in [-0.2, 0) is 4.79 Å². The first-order chi connectivity index (χ1) is 24.9. The largest absolute Gasteiger partial charge is 0.461 e. The number of rotatable bonds is 6. The molecule has 0 bridgehead atoms. The summed E-state index contributed by atoms with van der Waals surface area (Å²) in [7, 11) is 0. The van der Waals surface area contributed by atoms with Crippen molar-refractivity contribution in [3.63, 3.8) is 0 Å². The van der Waals surface area contributed by atoms with Crippen LogP contribution in [0.5, 0.6) is 6.01 Å².